The molecule has 0 bridgehead atoms. The number of anilines is 1. The highest BCUT2D eigenvalue weighted by molar-refractivity contribution is 9.10. The molecule has 0 saturated heterocycles. The van der Waals surface area contributed by atoms with Crippen LogP contribution in [0.3, 0.4) is 0 Å². The predicted octanol–water partition coefficient (Wildman–Crippen LogP) is 2.42. The van der Waals surface area contributed by atoms with E-state index in [0.717, 1.165) is 21.4 Å². The summed E-state index contributed by atoms with van der Waals surface area (Å²) < 4.78 is 0.902. The van der Waals surface area contributed by atoms with Crippen molar-refractivity contribution in [2.24, 2.45) is 0 Å². The minimum absolute atomic E-state index is 0.739. The van der Waals surface area contributed by atoms with Crippen molar-refractivity contribution in [3.05, 3.63) is 34.9 Å². The van der Waals surface area contributed by atoms with Crippen molar-refractivity contribution in [2.75, 3.05) is 5.73 Å². The fourth-order valence-corrected chi connectivity index (χ4v) is 1.49. The summed E-state index contributed by atoms with van der Waals surface area (Å²) in [5, 5.41) is 6.77. The van der Waals surface area contributed by atoms with Gasteiger partial charge in [0.15, 0.2) is 0 Å². The maximum absolute atomic E-state index is 5.67. The number of nitrogen functional groups attached to an aromatic ring is 1. The minimum atomic E-state index is 0.739. The van der Waals surface area contributed by atoms with E-state index in [1.165, 1.54) is 0 Å². The highest BCUT2D eigenvalue weighted by Crippen LogP contribution is 2.25. The van der Waals surface area contributed by atoms with Gasteiger partial charge in [0.25, 0.3) is 0 Å². The number of rotatable bonds is 1. The van der Waals surface area contributed by atoms with Gasteiger partial charge < -0.3 is 5.73 Å². The summed E-state index contributed by atoms with van der Waals surface area (Å²) in [6.07, 6.45) is 1.72. The van der Waals surface area contributed by atoms with Crippen LogP contribution >= 0.6 is 15.9 Å². The number of halogens is 1. The van der Waals surface area contributed by atoms with Crippen molar-refractivity contribution in [3.63, 3.8) is 0 Å². The second kappa shape index (κ2) is 3.22. The van der Waals surface area contributed by atoms with Crippen molar-refractivity contribution in [1.82, 2.24) is 10.2 Å². The van der Waals surface area contributed by atoms with Crippen molar-refractivity contribution >= 4 is 21.6 Å². The van der Waals surface area contributed by atoms with E-state index in [0.29, 0.717) is 0 Å². The van der Waals surface area contributed by atoms with Crippen LogP contribution in [0.5, 0.6) is 0 Å². The van der Waals surface area contributed by atoms with Crippen molar-refractivity contribution < 1.29 is 0 Å². The zero-order valence-corrected chi connectivity index (χ0v) is 8.38. The summed E-state index contributed by atoms with van der Waals surface area (Å²) >= 11 is 3.37. The van der Waals surface area contributed by atoms with Gasteiger partial charge in [0, 0.05) is 21.9 Å². The van der Waals surface area contributed by atoms with Gasteiger partial charge in [-0.3, -0.25) is 5.10 Å². The lowest BCUT2D eigenvalue weighted by Crippen LogP contribution is -1.86. The van der Waals surface area contributed by atoms with Crippen molar-refractivity contribution in [1.29, 1.82) is 0 Å². The van der Waals surface area contributed by atoms with Gasteiger partial charge in [0.05, 0.1) is 5.69 Å². The van der Waals surface area contributed by atoms with Crippen LogP contribution in [0.4, 0.5) is 5.69 Å². The molecule has 4 heteroatoms. The van der Waals surface area contributed by atoms with Gasteiger partial charge >= 0.3 is 0 Å². The average molecular weight is 238 g/mol. The van der Waals surface area contributed by atoms with Crippen LogP contribution in [-0.2, 0) is 0 Å². The third-order valence-electron chi connectivity index (χ3n) is 1.81. The summed E-state index contributed by atoms with van der Waals surface area (Å²) in [5.41, 5.74) is 8.46. The lowest BCUT2D eigenvalue weighted by atomic mass is 10.1. The topological polar surface area (TPSA) is 54.7 Å². The van der Waals surface area contributed by atoms with E-state index in [1.54, 1.807) is 6.20 Å². The summed E-state index contributed by atoms with van der Waals surface area (Å²) in [5.74, 6) is 0. The largest absolute Gasteiger partial charge is 0.398 e. The molecule has 1 heterocycles. The van der Waals surface area contributed by atoms with E-state index in [9.17, 15) is 0 Å². The van der Waals surface area contributed by atoms with Crippen LogP contribution in [0.15, 0.2) is 34.9 Å². The molecule has 0 spiro atoms. The minimum Gasteiger partial charge on any atom is -0.398 e. The number of hydrogen-bond acceptors (Lipinski definition) is 2. The standard InChI is InChI=1S/C9H8BrN3/c10-7-5-6(1-2-8(7)11)9-3-4-12-13-9/h1-5H,11H2,(H,12,13). The number of nitrogens with two attached hydrogens (primary N) is 1. The van der Waals surface area contributed by atoms with Crippen molar-refractivity contribution in [2.45, 2.75) is 0 Å². The summed E-state index contributed by atoms with van der Waals surface area (Å²) in [6.45, 7) is 0. The summed E-state index contributed by atoms with van der Waals surface area (Å²) in [4.78, 5) is 0. The molecule has 0 aliphatic rings. The molecule has 0 atom stereocenters. The Bertz CT molecular complexity index is 409. The second-order valence-corrected chi connectivity index (χ2v) is 3.56. The fourth-order valence-electron chi connectivity index (χ4n) is 1.11. The number of H-pyrrole nitrogens is 1. The van der Waals surface area contributed by atoms with E-state index in [1.807, 2.05) is 24.3 Å². The Morgan fingerprint density at radius 2 is 2.15 bits per heavy atom. The molecule has 1 aromatic carbocycles. The molecule has 0 fully saturated rings. The number of aromatic nitrogens is 2. The fraction of sp³-hybridized carbons (Fsp3) is 0. The van der Waals surface area contributed by atoms with E-state index in [2.05, 4.69) is 26.1 Å². The molecular formula is C9H8BrN3. The van der Waals surface area contributed by atoms with Gasteiger partial charge in [-0.25, -0.2) is 0 Å². The summed E-state index contributed by atoms with van der Waals surface area (Å²) in [6, 6.07) is 7.69. The average Bonchev–Trinajstić information content (AvgIpc) is 2.62. The third-order valence-corrected chi connectivity index (χ3v) is 2.50. The first-order valence-electron chi connectivity index (χ1n) is 3.82. The van der Waals surface area contributed by atoms with Crippen LogP contribution < -0.4 is 5.73 Å². The van der Waals surface area contributed by atoms with E-state index in [4.69, 9.17) is 5.73 Å². The molecule has 3 N–H and O–H groups in total. The summed E-state index contributed by atoms with van der Waals surface area (Å²) in [7, 11) is 0. The molecule has 2 rings (SSSR count). The molecule has 0 aliphatic heterocycles. The molecule has 3 nitrogen and oxygen atoms in total. The monoisotopic (exact) mass is 237 g/mol. The Morgan fingerprint density at radius 3 is 2.77 bits per heavy atom. The lowest BCUT2D eigenvalue weighted by Gasteiger charge is -2.00. The van der Waals surface area contributed by atoms with E-state index < -0.39 is 0 Å². The lowest BCUT2D eigenvalue weighted by molar-refractivity contribution is 1.10. The van der Waals surface area contributed by atoms with Crippen LogP contribution in [0.2, 0.25) is 0 Å². The first-order valence-corrected chi connectivity index (χ1v) is 4.61. The van der Waals surface area contributed by atoms with Crippen LogP contribution in [-0.4, -0.2) is 10.2 Å². The first-order chi connectivity index (χ1) is 6.27. The molecule has 0 radical (unpaired) electrons. The zero-order valence-electron chi connectivity index (χ0n) is 6.79. The van der Waals surface area contributed by atoms with E-state index in [-0.39, 0.29) is 0 Å². The van der Waals surface area contributed by atoms with Gasteiger partial charge in [0.1, 0.15) is 0 Å². The molecule has 13 heavy (non-hydrogen) atoms. The van der Waals surface area contributed by atoms with Gasteiger partial charge in [-0.05, 0) is 34.1 Å². The number of hydrogen-bond donors (Lipinski definition) is 2. The van der Waals surface area contributed by atoms with Gasteiger partial charge in [-0.1, -0.05) is 6.07 Å². The van der Waals surface area contributed by atoms with Gasteiger partial charge in [-0.15, -0.1) is 0 Å². The maximum atomic E-state index is 5.67. The molecular weight excluding hydrogens is 230 g/mol. The molecule has 0 saturated carbocycles. The Morgan fingerprint density at radius 1 is 1.31 bits per heavy atom. The van der Waals surface area contributed by atoms with Crippen LogP contribution in [0.25, 0.3) is 11.3 Å². The van der Waals surface area contributed by atoms with Crippen molar-refractivity contribution in [3.8, 4) is 11.3 Å². The molecule has 0 aliphatic carbocycles. The number of nitrogens with zero attached hydrogens (tertiary/aromatic N) is 1. The van der Waals surface area contributed by atoms with Crippen LogP contribution in [0.1, 0.15) is 0 Å². The molecule has 0 unspecified atom stereocenters. The quantitative estimate of drug-likeness (QED) is 0.749. The maximum Gasteiger partial charge on any atom is 0.0650 e. The third kappa shape index (κ3) is 1.58. The van der Waals surface area contributed by atoms with Gasteiger partial charge in [-0.2, -0.15) is 5.10 Å². The Kier molecular flexibility index (Phi) is 2.06. The predicted molar refractivity (Wildman–Crippen MR) is 56.1 cm³/mol. The van der Waals surface area contributed by atoms with Crippen LogP contribution in [0, 0.1) is 0 Å². The smallest absolute Gasteiger partial charge is 0.0650 e. The normalized spacial score (nSPS) is 10.2. The van der Waals surface area contributed by atoms with E-state index >= 15 is 0 Å². The number of benzene rings is 1. The molecule has 2 aromatic rings. The molecule has 0 amide bonds. The molecule has 1 aromatic heterocycles. The Balaban J connectivity index is 2.49. The molecule has 66 valence electrons. The Labute approximate surface area is 84.1 Å². The zero-order chi connectivity index (χ0) is 9.26. The second-order valence-electron chi connectivity index (χ2n) is 2.71. The number of aromatic amines is 1. The Hall–Kier alpha value is -1.29. The highest BCUT2D eigenvalue weighted by Gasteiger charge is 2.00. The highest BCUT2D eigenvalue weighted by atomic mass is 79.9. The van der Waals surface area contributed by atoms with Gasteiger partial charge in [0.2, 0.25) is 0 Å². The first kappa shape index (κ1) is 8.31. The SMILES string of the molecule is Nc1ccc(-c2ccn[nH]2)cc1Br. The number of nitrogens with one attached hydrogen (secondary N) is 1.